The highest BCUT2D eigenvalue weighted by molar-refractivity contribution is 7.10. The smallest absolute Gasteiger partial charge is 0.191 e. The summed E-state index contributed by atoms with van der Waals surface area (Å²) < 4.78 is 2.11. The van der Waals surface area contributed by atoms with Crippen LogP contribution in [0.1, 0.15) is 44.0 Å². The number of hydrogen-bond acceptors (Lipinski definition) is 4. The van der Waals surface area contributed by atoms with Crippen molar-refractivity contribution < 1.29 is 0 Å². The highest BCUT2D eigenvalue weighted by Crippen LogP contribution is 2.29. The van der Waals surface area contributed by atoms with Crippen molar-refractivity contribution in [2.45, 2.75) is 45.7 Å². The molecule has 3 rings (SSSR count). The Labute approximate surface area is 173 Å². The molecule has 1 aliphatic rings. The van der Waals surface area contributed by atoms with Gasteiger partial charge in [0.25, 0.3) is 0 Å². The van der Waals surface area contributed by atoms with Crippen LogP contribution in [0.3, 0.4) is 0 Å². The van der Waals surface area contributed by atoms with Crippen LogP contribution in [0, 0.1) is 5.92 Å². The van der Waals surface area contributed by atoms with Crippen LogP contribution >= 0.6 is 11.3 Å². The summed E-state index contributed by atoms with van der Waals surface area (Å²) in [4.78, 5) is 13.1. The van der Waals surface area contributed by atoms with Gasteiger partial charge in [0.2, 0.25) is 0 Å². The number of piperidine rings is 1. The normalized spacial score (nSPS) is 17.6. The fourth-order valence-electron chi connectivity index (χ4n) is 3.61. The molecular weight excluding hydrogens is 368 g/mol. The molecule has 0 saturated carbocycles. The molecule has 0 radical (unpaired) electrons. The second-order valence-electron chi connectivity index (χ2n) is 7.55. The highest BCUT2D eigenvalue weighted by atomic mass is 32.1. The number of guanidine groups is 1. The summed E-state index contributed by atoms with van der Waals surface area (Å²) in [5.74, 6) is 1.76. The molecular formula is C21H34N6S. The number of hydrogen-bond donors (Lipinski definition) is 2. The van der Waals surface area contributed by atoms with Crippen molar-refractivity contribution in [3.8, 4) is 0 Å². The van der Waals surface area contributed by atoms with Crippen molar-refractivity contribution in [2.24, 2.45) is 10.9 Å². The first-order valence-electron chi connectivity index (χ1n) is 10.5. The number of nitrogens with zero attached hydrogens (tertiary/aromatic N) is 4. The van der Waals surface area contributed by atoms with Gasteiger partial charge in [-0.25, -0.2) is 4.98 Å². The Balaban J connectivity index is 1.56. The first kappa shape index (κ1) is 20.9. The van der Waals surface area contributed by atoms with Crippen LogP contribution in [0.15, 0.2) is 41.2 Å². The monoisotopic (exact) mass is 402 g/mol. The number of aryl methyl sites for hydroxylation is 1. The van der Waals surface area contributed by atoms with Crippen LogP contribution in [-0.2, 0) is 6.54 Å². The van der Waals surface area contributed by atoms with E-state index in [0.717, 1.165) is 44.5 Å². The molecule has 154 valence electrons. The third kappa shape index (κ3) is 6.34. The lowest BCUT2D eigenvalue weighted by Gasteiger charge is -2.35. The van der Waals surface area contributed by atoms with E-state index in [9.17, 15) is 0 Å². The van der Waals surface area contributed by atoms with E-state index < -0.39 is 0 Å². The molecule has 6 nitrogen and oxygen atoms in total. The number of imidazole rings is 1. The van der Waals surface area contributed by atoms with Crippen LogP contribution in [-0.4, -0.2) is 53.1 Å². The molecule has 1 saturated heterocycles. The van der Waals surface area contributed by atoms with Gasteiger partial charge >= 0.3 is 0 Å². The topological polar surface area (TPSA) is 57.5 Å². The zero-order chi connectivity index (χ0) is 19.6. The van der Waals surface area contributed by atoms with E-state index in [1.807, 2.05) is 30.1 Å². The van der Waals surface area contributed by atoms with Gasteiger partial charge < -0.3 is 15.2 Å². The minimum atomic E-state index is 0.383. The fraction of sp³-hybridized carbons (Fsp3) is 0.619. The van der Waals surface area contributed by atoms with Gasteiger partial charge in [0.15, 0.2) is 5.96 Å². The first-order valence-corrected chi connectivity index (χ1v) is 11.4. The Kier molecular flexibility index (Phi) is 8.36. The lowest BCUT2D eigenvalue weighted by molar-refractivity contribution is 0.143. The lowest BCUT2D eigenvalue weighted by atomic mass is 9.97. The van der Waals surface area contributed by atoms with Crippen LogP contribution in [0.4, 0.5) is 0 Å². The SMILES string of the molecule is CCNC(=NCC(c1cccs1)N1CCC(C)CC1)NCCCn1ccnc1. The van der Waals surface area contributed by atoms with Gasteiger partial charge in [-0.15, -0.1) is 11.3 Å². The molecule has 1 unspecified atom stereocenters. The molecule has 2 N–H and O–H groups in total. The molecule has 1 fully saturated rings. The summed E-state index contributed by atoms with van der Waals surface area (Å²) in [5.41, 5.74) is 0. The standard InChI is InChI=1S/C21H34N6S/c1-3-23-21(24-9-5-11-26-14-10-22-17-26)25-16-19(20-6-4-15-28-20)27-12-7-18(2)8-13-27/h4,6,10,14-15,17-19H,3,5,7-9,11-13,16H2,1-2H3,(H2,23,24,25). The Bertz CT molecular complexity index is 674. The summed E-state index contributed by atoms with van der Waals surface area (Å²) in [6, 6.07) is 4.80. The Morgan fingerprint density at radius 3 is 2.89 bits per heavy atom. The lowest BCUT2D eigenvalue weighted by Crippen LogP contribution is -2.40. The van der Waals surface area contributed by atoms with E-state index in [4.69, 9.17) is 4.99 Å². The second kappa shape index (κ2) is 11.2. The Morgan fingerprint density at radius 2 is 2.21 bits per heavy atom. The maximum Gasteiger partial charge on any atom is 0.191 e. The number of likely N-dealkylation sites (tertiary alicyclic amines) is 1. The summed E-state index contributed by atoms with van der Waals surface area (Å²) in [6.45, 7) is 10.4. The van der Waals surface area contributed by atoms with E-state index in [1.165, 1.54) is 30.8 Å². The van der Waals surface area contributed by atoms with Gasteiger partial charge in [0.05, 0.1) is 18.9 Å². The third-order valence-electron chi connectivity index (χ3n) is 5.34. The predicted octanol–water partition coefficient (Wildman–Crippen LogP) is 3.36. The van der Waals surface area contributed by atoms with E-state index in [-0.39, 0.29) is 0 Å². The Hall–Kier alpha value is -1.86. The van der Waals surface area contributed by atoms with Crippen LogP contribution in [0.5, 0.6) is 0 Å². The molecule has 0 bridgehead atoms. The van der Waals surface area contributed by atoms with E-state index in [2.05, 4.69) is 56.4 Å². The highest BCUT2D eigenvalue weighted by Gasteiger charge is 2.25. The maximum absolute atomic E-state index is 4.94. The van der Waals surface area contributed by atoms with Gasteiger partial charge in [0, 0.05) is 36.9 Å². The van der Waals surface area contributed by atoms with Gasteiger partial charge in [-0.2, -0.15) is 0 Å². The average Bonchev–Trinajstić information content (AvgIpc) is 3.41. The summed E-state index contributed by atoms with van der Waals surface area (Å²) in [7, 11) is 0. The minimum Gasteiger partial charge on any atom is -0.357 e. The Morgan fingerprint density at radius 1 is 1.36 bits per heavy atom. The molecule has 2 aromatic heterocycles. The molecule has 28 heavy (non-hydrogen) atoms. The van der Waals surface area contributed by atoms with Crippen molar-refractivity contribution in [3.63, 3.8) is 0 Å². The predicted molar refractivity (Wildman–Crippen MR) is 118 cm³/mol. The minimum absolute atomic E-state index is 0.383. The van der Waals surface area contributed by atoms with E-state index in [0.29, 0.717) is 6.04 Å². The molecule has 0 aromatic carbocycles. The molecule has 0 spiro atoms. The van der Waals surface area contributed by atoms with E-state index >= 15 is 0 Å². The van der Waals surface area contributed by atoms with Crippen molar-refractivity contribution in [3.05, 3.63) is 41.1 Å². The number of aliphatic imine (C=N–C) groups is 1. The van der Waals surface area contributed by atoms with Crippen LogP contribution in [0.2, 0.25) is 0 Å². The van der Waals surface area contributed by atoms with Crippen LogP contribution < -0.4 is 10.6 Å². The molecule has 1 aliphatic heterocycles. The van der Waals surface area contributed by atoms with Gasteiger partial charge in [-0.05, 0) is 56.6 Å². The molecule has 0 amide bonds. The zero-order valence-corrected chi connectivity index (χ0v) is 18.0. The van der Waals surface area contributed by atoms with Crippen molar-refractivity contribution in [1.82, 2.24) is 25.1 Å². The van der Waals surface area contributed by atoms with E-state index in [1.54, 1.807) is 0 Å². The van der Waals surface area contributed by atoms with Crippen molar-refractivity contribution in [2.75, 3.05) is 32.7 Å². The van der Waals surface area contributed by atoms with Gasteiger partial charge in [-0.1, -0.05) is 13.0 Å². The second-order valence-corrected chi connectivity index (χ2v) is 8.53. The number of rotatable bonds is 9. The molecule has 3 heterocycles. The first-order chi connectivity index (χ1) is 13.8. The third-order valence-corrected chi connectivity index (χ3v) is 6.32. The largest absolute Gasteiger partial charge is 0.357 e. The van der Waals surface area contributed by atoms with Crippen molar-refractivity contribution in [1.29, 1.82) is 0 Å². The van der Waals surface area contributed by atoms with Gasteiger partial charge in [0.1, 0.15) is 0 Å². The zero-order valence-electron chi connectivity index (χ0n) is 17.2. The number of nitrogens with one attached hydrogen (secondary N) is 2. The molecule has 1 atom stereocenters. The van der Waals surface area contributed by atoms with Crippen LogP contribution in [0.25, 0.3) is 0 Å². The average molecular weight is 403 g/mol. The number of thiophene rings is 1. The fourth-order valence-corrected chi connectivity index (χ4v) is 4.47. The van der Waals surface area contributed by atoms with Crippen molar-refractivity contribution >= 4 is 17.3 Å². The summed E-state index contributed by atoms with van der Waals surface area (Å²) >= 11 is 1.85. The summed E-state index contributed by atoms with van der Waals surface area (Å²) in [6.07, 6.45) is 9.31. The molecule has 2 aromatic rings. The molecule has 7 heteroatoms. The number of aromatic nitrogens is 2. The summed E-state index contributed by atoms with van der Waals surface area (Å²) in [5, 5.41) is 9.05. The maximum atomic E-state index is 4.94. The quantitative estimate of drug-likeness (QED) is 0.384. The van der Waals surface area contributed by atoms with Gasteiger partial charge in [-0.3, -0.25) is 9.89 Å². The molecule has 0 aliphatic carbocycles.